The summed E-state index contributed by atoms with van der Waals surface area (Å²) in [7, 11) is 0. The zero-order chi connectivity index (χ0) is 17.3. The van der Waals surface area contributed by atoms with E-state index in [2.05, 4.69) is 0 Å². The molecular formula is C20H20ClFO2. The second-order valence-corrected chi connectivity index (χ2v) is 6.63. The average molecular weight is 347 g/mol. The van der Waals surface area contributed by atoms with Gasteiger partial charge >= 0.3 is 0 Å². The van der Waals surface area contributed by atoms with Crippen molar-refractivity contribution in [3.8, 4) is 5.75 Å². The van der Waals surface area contributed by atoms with Crippen molar-refractivity contribution in [1.82, 2.24) is 0 Å². The number of halogens is 2. The van der Waals surface area contributed by atoms with Crippen LogP contribution in [-0.4, -0.2) is 17.3 Å². The molecule has 0 unspecified atom stereocenters. The van der Waals surface area contributed by atoms with Gasteiger partial charge in [-0.1, -0.05) is 29.8 Å². The van der Waals surface area contributed by atoms with Crippen molar-refractivity contribution >= 4 is 23.3 Å². The number of aliphatic hydroxyl groups excluding tert-OH is 1. The zero-order valence-corrected chi connectivity index (χ0v) is 14.5. The van der Waals surface area contributed by atoms with Gasteiger partial charge in [-0.05, 0) is 67.7 Å². The first-order valence-corrected chi connectivity index (χ1v) is 8.44. The minimum absolute atomic E-state index is 0.155. The predicted molar refractivity (Wildman–Crippen MR) is 95.8 cm³/mol. The molecule has 1 heterocycles. The molecule has 0 saturated carbocycles. The SMILES string of the molecule is C/C(=C\c1ccc2c(c1)CC[C@@H]([C@H](C)O)O2)c1c(F)cccc1Cl. The van der Waals surface area contributed by atoms with Gasteiger partial charge in [0, 0.05) is 5.56 Å². The molecule has 3 rings (SSSR count). The summed E-state index contributed by atoms with van der Waals surface area (Å²) in [6.07, 6.45) is 2.92. The van der Waals surface area contributed by atoms with Crippen molar-refractivity contribution in [3.05, 3.63) is 63.9 Å². The monoisotopic (exact) mass is 346 g/mol. The Labute approximate surface area is 146 Å². The highest BCUT2D eigenvalue weighted by atomic mass is 35.5. The van der Waals surface area contributed by atoms with E-state index < -0.39 is 6.10 Å². The third-order valence-electron chi connectivity index (χ3n) is 4.34. The summed E-state index contributed by atoms with van der Waals surface area (Å²) in [6.45, 7) is 3.60. The molecule has 126 valence electrons. The number of benzene rings is 2. The van der Waals surface area contributed by atoms with E-state index in [0.717, 1.165) is 35.3 Å². The fourth-order valence-corrected chi connectivity index (χ4v) is 3.37. The molecule has 0 bridgehead atoms. The topological polar surface area (TPSA) is 29.5 Å². The van der Waals surface area contributed by atoms with Gasteiger partial charge < -0.3 is 9.84 Å². The Kier molecular flexibility index (Phi) is 4.93. The number of ether oxygens (including phenoxy) is 1. The molecular weight excluding hydrogens is 327 g/mol. The van der Waals surface area contributed by atoms with Gasteiger partial charge in [0.15, 0.2) is 0 Å². The molecule has 0 fully saturated rings. The largest absolute Gasteiger partial charge is 0.487 e. The van der Waals surface area contributed by atoms with Gasteiger partial charge in [0.05, 0.1) is 11.1 Å². The molecule has 0 aromatic heterocycles. The lowest BCUT2D eigenvalue weighted by molar-refractivity contribution is 0.0357. The first kappa shape index (κ1) is 17.0. The Hall–Kier alpha value is -1.84. The second kappa shape index (κ2) is 6.96. The maximum atomic E-state index is 14.0. The summed E-state index contributed by atoms with van der Waals surface area (Å²) < 4.78 is 19.9. The fraction of sp³-hybridized carbons (Fsp3) is 0.300. The standard InChI is InChI=1S/C20H20ClFO2/c1-12(20-16(21)4-3-5-17(20)22)10-14-6-8-19-15(11-14)7-9-18(24-19)13(2)23/h3-6,8,10-11,13,18,23H,7,9H2,1-2H3/b12-10+/t13-,18-/m0/s1. The van der Waals surface area contributed by atoms with Crippen molar-refractivity contribution in [3.63, 3.8) is 0 Å². The van der Waals surface area contributed by atoms with Crippen LogP contribution in [0.25, 0.3) is 11.6 Å². The van der Waals surface area contributed by atoms with E-state index >= 15 is 0 Å². The molecule has 1 aliphatic heterocycles. The number of aliphatic hydroxyl groups is 1. The maximum absolute atomic E-state index is 14.0. The average Bonchev–Trinajstić information content (AvgIpc) is 2.54. The summed E-state index contributed by atoms with van der Waals surface area (Å²) in [6, 6.07) is 10.6. The normalized spacial score (nSPS) is 18.7. The summed E-state index contributed by atoms with van der Waals surface area (Å²) in [5, 5.41) is 10.1. The Morgan fingerprint density at radius 1 is 1.38 bits per heavy atom. The van der Waals surface area contributed by atoms with E-state index in [0.29, 0.717) is 10.6 Å². The molecule has 0 aliphatic carbocycles. The second-order valence-electron chi connectivity index (χ2n) is 6.23. The zero-order valence-electron chi connectivity index (χ0n) is 13.7. The van der Waals surface area contributed by atoms with Crippen molar-refractivity contribution < 1.29 is 14.2 Å². The van der Waals surface area contributed by atoms with Crippen molar-refractivity contribution in [2.75, 3.05) is 0 Å². The number of fused-ring (bicyclic) bond motifs is 1. The first-order valence-electron chi connectivity index (χ1n) is 8.06. The van der Waals surface area contributed by atoms with Crippen LogP contribution < -0.4 is 4.74 Å². The van der Waals surface area contributed by atoms with E-state index in [9.17, 15) is 9.50 Å². The smallest absolute Gasteiger partial charge is 0.132 e. The molecule has 2 nitrogen and oxygen atoms in total. The number of hydrogen-bond acceptors (Lipinski definition) is 2. The summed E-state index contributed by atoms with van der Waals surface area (Å²) >= 11 is 6.13. The lowest BCUT2D eigenvalue weighted by atomic mass is 9.96. The van der Waals surface area contributed by atoms with E-state index in [1.165, 1.54) is 6.07 Å². The lowest BCUT2D eigenvalue weighted by Gasteiger charge is -2.28. The van der Waals surface area contributed by atoms with Gasteiger partial charge in [-0.25, -0.2) is 4.39 Å². The molecule has 4 heteroatoms. The highest BCUT2D eigenvalue weighted by Gasteiger charge is 2.23. The highest BCUT2D eigenvalue weighted by molar-refractivity contribution is 6.32. The van der Waals surface area contributed by atoms with Gasteiger partial charge in [-0.2, -0.15) is 0 Å². The molecule has 0 radical (unpaired) electrons. The number of rotatable bonds is 3. The van der Waals surface area contributed by atoms with Gasteiger partial charge in [0.2, 0.25) is 0 Å². The Morgan fingerprint density at radius 3 is 2.88 bits per heavy atom. The molecule has 2 atom stereocenters. The summed E-state index contributed by atoms with van der Waals surface area (Å²) in [5.74, 6) is 0.489. The minimum Gasteiger partial charge on any atom is -0.487 e. The molecule has 2 aromatic carbocycles. The van der Waals surface area contributed by atoms with E-state index in [1.54, 1.807) is 19.1 Å². The van der Waals surface area contributed by atoms with Gasteiger partial charge in [0.1, 0.15) is 17.7 Å². The number of allylic oxidation sites excluding steroid dienone is 1. The predicted octanol–water partition coefficient (Wildman–Crippen LogP) is 5.11. The number of hydrogen-bond donors (Lipinski definition) is 1. The Bertz CT molecular complexity index is 763. The maximum Gasteiger partial charge on any atom is 0.132 e. The first-order chi connectivity index (χ1) is 11.5. The fourth-order valence-electron chi connectivity index (χ4n) is 3.06. The van der Waals surface area contributed by atoms with Gasteiger partial charge in [0.25, 0.3) is 0 Å². The van der Waals surface area contributed by atoms with Crippen molar-refractivity contribution in [2.24, 2.45) is 0 Å². The lowest BCUT2D eigenvalue weighted by Crippen LogP contribution is -2.32. The van der Waals surface area contributed by atoms with Crippen LogP contribution in [-0.2, 0) is 6.42 Å². The summed E-state index contributed by atoms with van der Waals surface area (Å²) in [5.41, 5.74) is 3.29. The number of aryl methyl sites for hydroxylation is 1. The highest BCUT2D eigenvalue weighted by Crippen LogP contribution is 2.32. The van der Waals surface area contributed by atoms with Crippen LogP contribution in [0.3, 0.4) is 0 Å². The molecule has 1 N–H and O–H groups in total. The third-order valence-corrected chi connectivity index (χ3v) is 4.65. The Balaban J connectivity index is 1.89. The molecule has 2 aromatic rings. The van der Waals surface area contributed by atoms with Gasteiger partial charge in [-0.3, -0.25) is 0 Å². The van der Waals surface area contributed by atoms with Crippen LogP contribution in [0.15, 0.2) is 36.4 Å². The van der Waals surface area contributed by atoms with Crippen LogP contribution in [0.4, 0.5) is 4.39 Å². The van der Waals surface area contributed by atoms with E-state index in [1.807, 2.05) is 31.2 Å². The van der Waals surface area contributed by atoms with Crippen molar-refractivity contribution in [1.29, 1.82) is 0 Å². The summed E-state index contributed by atoms with van der Waals surface area (Å²) in [4.78, 5) is 0. The Morgan fingerprint density at radius 2 is 2.17 bits per heavy atom. The molecule has 0 spiro atoms. The van der Waals surface area contributed by atoms with Crippen LogP contribution in [0.1, 0.15) is 37.0 Å². The minimum atomic E-state index is -0.483. The van der Waals surface area contributed by atoms with Gasteiger partial charge in [-0.15, -0.1) is 0 Å². The van der Waals surface area contributed by atoms with Crippen LogP contribution in [0, 0.1) is 5.82 Å². The molecule has 24 heavy (non-hydrogen) atoms. The quantitative estimate of drug-likeness (QED) is 0.782. The van der Waals surface area contributed by atoms with Crippen molar-refractivity contribution in [2.45, 2.75) is 38.9 Å². The van der Waals surface area contributed by atoms with E-state index in [4.69, 9.17) is 16.3 Å². The van der Waals surface area contributed by atoms with E-state index in [-0.39, 0.29) is 11.9 Å². The molecule has 0 saturated heterocycles. The molecule has 0 amide bonds. The van der Waals surface area contributed by atoms with Crippen LogP contribution >= 0.6 is 11.6 Å². The van der Waals surface area contributed by atoms with Crippen LogP contribution in [0.2, 0.25) is 5.02 Å². The molecule has 1 aliphatic rings. The van der Waals surface area contributed by atoms with Crippen LogP contribution in [0.5, 0.6) is 5.75 Å². The third kappa shape index (κ3) is 3.47.